The third-order valence-electron chi connectivity index (χ3n) is 0.921. The predicted molar refractivity (Wildman–Crippen MR) is 35.8 cm³/mol. The first-order valence-corrected chi connectivity index (χ1v) is 3.77. The summed E-state index contributed by atoms with van der Waals surface area (Å²) in [4.78, 5) is 10.1. The molecule has 0 N–H and O–H groups in total. The van der Waals surface area contributed by atoms with Gasteiger partial charge in [0.25, 0.3) is 0 Å². The quantitative estimate of drug-likeness (QED) is 0.415. The monoisotopic (exact) mass is 127 g/mol. The van der Waals surface area contributed by atoms with Crippen molar-refractivity contribution < 1.29 is 4.79 Å². The summed E-state index contributed by atoms with van der Waals surface area (Å²) < 4.78 is 0. The van der Waals surface area contributed by atoms with Crippen LogP contribution in [0.1, 0.15) is 5.56 Å². The lowest BCUT2D eigenvalue weighted by Crippen LogP contribution is -1.53. The molecule has 2 heteroatoms. The minimum absolute atomic E-state index is 0.188. The van der Waals surface area contributed by atoms with Crippen LogP contribution in [0.4, 0.5) is 0 Å². The standard InChI is InChI=1S/C6H7OS/c1-6-2-3-8(4-6)5-7/h2-5H,1H3/q+1. The first-order chi connectivity index (χ1) is 3.83. The van der Waals surface area contributed by atoms with Crippen LogP contribution in [0.3, 0.4) is 0 Å². The lowest BCUT2D eigenvalue weighted by atomic mass is 10.4. The van der Waals surface area contributed by atoms with Gasteiger partial charge in [0.2, 0.25) is 0 Å². The Bertz CT molecular complexity index is 190. The van der Waals surface area contributed by atoms with Gasteiger partial charge >= 0.3 is 5.62 Å². The summed E-state index contributed by atoms with van der Waals surface area (Å²) >= 11 is 0. The van der Waals surface area contributed by atoms with Gasteiger partial charge in [-0.25, -0.2) is 4.79 Å². The van der Waals surface area contributed by atoms with E-state index in [0.29, 0.717) is 0 Å². The van der Waals surface area contributed by atoms with Gasteiger partial charge in [-0.15, -0.1) is 0 Å². The predicted octanol–water partition coefficient (Wildman–Crippen LogP) is 1.78. The van der Waals surface area contributed by atoms with E-state index in [9.17, 15) is 4.79 Å². The Morgan fingerprint density at radius 1 is 1.75 bits per heavy atom. The molecule has 0 amide bonds. The summed E-state index contributed by atoms with van der Waals surface area (Å²) in [6.07, 6.45) is 0. The Morgan fingerprint density at radius 3 is 2.75 bits per heavy atom. The first kappa shape index (κ1) is 5.51. The molecule has 0 aromatic carbocycles. The molecule has 0 fully saturated rings. The number of thiophene rings is 1. The van der Waals surface area contributed by atoms with Crippen molar-refractivity contribution in [2.75, 3.05) is 0 Å². The third kappa shape index (κ3) is 0.954. The molecule has 0 aliphatic rings. The molecular formula is C6H7OS+. The molecule has 0 radical (unpaired) electrons. The van der Waals surface area contributed by atoms with Gasteiger partial charge in [-0.05, 0) is 13.0 Å². The van der Waals surface area contributed by atoms with E-state index in [0.717, 1.165) is 5.62 Å². The minimum Gasteiger partial charge on any atom is -0.235 e. The molecule has 1 atom stereocenters. The average molecular weight is 127 g/mol. The lowest BCUT2D eigenvalue weighted by molar-refractivity contribution is 0.569. The van der Waals surface area contributed by atoms with E-state index in [4.69, 9.17) is 0 Å². The number of aryl methyl sites for hydroxylation is 1. The van der Waals surface area contributed by atoms with Crippen LogP contribution in [-0.2, 0) is 4.79 Å². The van der Waals surface area contributed by atoms with Gasteiger partial charge in [0.1, 0.15) is 10.8 Å². The van der Waals surface area contributed by atoms with Crippen molar-refractivity contribution in [1.29, 1.82) is 0 Å². The van der Waals surface area contributed by atoms with Crippen LogP contribution in [0.5, 0.6) is 0 Å². The SMILES string of the molecule is Cc1cc[s+](C=O)c1. The van der Waals surface area contributed by atoms with Crippen molar-refractivity contribution >= 4 is 16.1 Å². The van der Waals surface area contributed by atoms with E-state index < -0.39 is 0 Å². The fourth-order valence-corrected chi connectivity index (χ4v) is 1.62. The van der Waals surface area contributed by atoms with E-state index in [-0.39, 0.29) is 10.5 Å². The number of rotatable bonds is 1. The van der Waals surface area contributed by atoms with Crippen LogP contribution < -0.4 is 0 Å². The Balaban J connectivity index is 3.00. The Morgan fingerprint density at radius 2 is 2.50 bits per heavy atom. The number of hydrogen-bond acceptors (Lipinski definition) is 1. The molecule has 0 aliphatic carbocycles. The highest BCUT2D eigenvalue weighted by molar-refractivity contribution is 7.46. The lowest BCUT2D eigenvalue weighted by Gasteiger charge is -1.62. The number of hydrogen-bond donors (Lipinski definition) is 0. The van der Waals surface area contributed by atoms with E-state index in [1.807, 2.05) is 23.8 Å². The van der Waals surface area contributed by atoms with E-state index in [1.54, 1.807) is 0 Å². The maximum absolute atomic E-state index is 10.1. The highest BCUT2D eigenvalue weighted by Gasteiger charge is 1.99. The van der Waals surface area contributed by atoms with Crippen molar-refractivity contribution in [2.24, 2.45) is 0 Å². The summed E-state index contributed by atoms with van der Waals surface area (Å²) in [7, 11) is -0.188. The molecule has 1 aromatic heterocycles. The molecule has 1 rings (SSSR count). The molecule has 1 nitrogen and oxygen atoms in total. The van der Waals surface area contributed by atoms with Gasteiger partial charge in [-0.1, -0.05) is 0 Å². The summed E-state index contributed by atoms with van der Waals surface area (Å²) in [5, 5.41) is 3.88. The topological polar surface area (TPSA) is 17.1 Å². The van der Waals surface area contributed by atoms with Gasteiger partial charge in [-0.3, -0.25) is 0 Å². The maximum atomic E-state index is 10.1. The van der Waals surface area contributed by atoms with Crippen molar-refractivity contribution in [1.82, 2.24) is 0 Å². The molecule has 8 heavy (non-hydrogen) atoms. The fraction of sp³-hybridized carbons (Fsp3) is 0.167. The van der Waals surface area contributed by atoms with Gasteiger partial charge in [0, 0.05) is 16.0 Å². The van der Waals surface area contributed by atoms with Crippen molar-refractivity contribution in [3.63, 3.8) is 0 Å². The van der Waals surface area contributed by atoms with Crippen LogP contribution >= 0.6 is 10.5 Å². The normalized spacial score (nSPS) is 11.4. The Kier molecular flexibility index (Phi) is 1.44. The van der Waals surface area contributed by atoms with Crippen LogP contribution in [0, 0.1) is 6.92 Å². The molecule has 1 unspecified atom stereocenters. The number of carbonyl (C=O) groups is 1. The minimum atomic E-state index is -0.188. The molecular weight excluding hydrogens is 120 g/mol. The molecule has 1 heterocycles. The fourth-order valence-electron chi connectivity index (χ4n) is 0.539. The third-order valence-corrected chi connectivity index (χ3v) is 2.24. The first-order valence-electron chi connectivity index (χ1n) is 2.35. The zero-order valence-electron chi connectivity index (χ0n) is 4.63. The van der Waals surface area contributed by atoms with E-state index in [2.05, 4.69) is 0 Å². The second-order valence-electron chi connectivity index (χ2n) is 1.67. The molecule has 0 aliphatic heterocycles. The van der Waals surface area contributed by atoms with Gasteiger partial charge in [0.15, 0.2) is 0 Å². The second kappa shape index (κ2) is 2.09. The van der Waals surface area contributed by atoms with Crippen molar-refractivity contribution in [3.8, 4) is 0 Å². The van der Waals surface area contributed by atoms with E-state index in [1.165, 1.54) is 5.56 Å². The van der Waals surface area contributed by atoms with Gasteiger partial charge in [0.05, 0.1) is 0 Å². The Hall–Kier alpha value is -0.630. The molecule has 42 valence electrons. The highest BCUT2D eigenvalue weighted by Crippen LogP contribution is 2.15. The maximum Gasteiger partial charge on any atom is 0.343 e. The average Bonchev–Trinajstić information content (AvgIpc) is 2.14. The van der Waals surface area contributed by atoms with Crippen LogP contribution in [0.25, 0.3) is 0 Å². The van der Waals surface area contributed by atoms with Crippen molar-refractivity contribution in [2.45, 2.75) is 6.92 Å². The molecule has 0 saturated carbocycles. The summed E-state index contributed by atoms with van der Waals surface area (Å²) in [5.41, 5.74) is 2.16. The second-order valence-corrected chi connectivity index (χ2v) is 3.19. The van der Waals surface area contributed by atoms with Crippen molar-refractivity contribution in [3.05, 3.63) is 22.4 Å². The van der Waals surface area contributed by atoms with Gasteiger partial charge < -0.3 is 0 Å². The van der Waals surface area contributed by atoms with Crippen LogP contribution in [-0.4, -0.2) is 5.62 Å². The highest BCUT2D eigenvalue weighted by atomic mass is 32.2. The number of carbonyl (C=O) groups excluding carboxylic acids is 1. The Labute approximate surface area is 50.9 Å². The zero-order valence-corrected chi connectivity index (χ0v) is 5.44. The van der Waals surface area contributed by atoms with Crippen LogP contribution in [0.2, 0.25) is 0 Å². The molecule has 0 spiro atoms. The summed E-state index contributed by atoms with van der Waals surface area (Å²) in [6.45, 7) is 1.99. The molecule has 0 saturated heterocycles. The largest absolute Gasteiger partial charge is 0.343 e. The van der Waals surface area contributed by atoms with E-state index >= 15 is 0 Å². The summed E-state index contributed by atoms with van der Waals surface area (Å²) in [6, 6.07) is 1.97. The van der Waals surface area contributed by atoms with Crippen LogP contribution in [0.15, 0.2) is 16.8 Å². The van der Waals surface area contributed by atoms with Gasteiger partial charge in [-0.2, -0.15) is 0 Å². The summed E-state index contributed by atoms with van der Waals surface area (Å²) in [5.74, 6) is 0. The smallest absolute Gasteiger partial charge is 0.235 e. The molecule has 1 aromatic rings. The molecule has 0 bridgehead atoms. The zero-order chi connectivity index (χ0) is 5.98.